The molecule has 0 radical (unpaired) electrons. The first-order valence-corrected chi connectivity index (χ1v) is 10.0. The van der Waals surface area contributed by atoms with E-state index in [9.17, 15) is 8.42 Å². The first kappa shape index (κ1) is 17.5. The first-order valence-electron chi connectivity index (χ1n) is 7.68. The summed E-state index contributed by atoms with van der Waals surface area (Å²) < 4.78 is 39.0. The first-order chi connectivity index (χ1) is 11.6. The highest BCUT2D eigenvalue weighted by Gasteiger charge is 2.28. The number of hydrogen-bond acceptors (Lipinski definition) is 7. The molecule has 1 aliphatic rings. The van der Waals surface area contributed by atoms with Crippen molar-refractivity contribution < 1.29 is 17.7 Å². The van der Waals surface area contributed by atoms with Crippen molar-refractivity contribution in [1.29, 1.82) is 0 Å². The fraction of sp³-hybridized carbons (Fsp3) is 0.571. The molecule has 1 aliphatic heterocycles. The van der Waals surface area contributed by atoms with Crippen LogP contribution in [-0.4, -0.2) is 49.7 Å². The van der Waals surface area contributed by atoms with Gasteiger partial charge in [-0.1, -0.05) is 11.2 Å². The van der Waals surface area contributed by atoms with Crippen molar-refractivity contribution in [2.24, 2.45) is 5.92 Å². The lowest BCUT2D eigenvalue weighted by atomic mass is 9.99. The van der Waals surface area contributed by atoms with Gasteiger partial charge in [-0.05, 0) is 30.2 Å². The highest BCUT2D eigenvalue weighted by atomic mass is 32.2. The van der Waals surface area contributed by atoms with Crippen LogP contribution in [0.5, 0.6) is 0 Å². The molecule has 1 saturated heterocycles. The van der Waals surface area contributed by atoms with Crippen molar-refractivity contribution in [3.05, 3.63) is 23.3 Å². The second-order valence-electron chi connectivity index (χ2n) is 5.62. The Balaban J connectivity index is 1.54. The van der Waals surface area contributed by atoms with Crippen LogP contribution < -0.4 is 4.72 Å². The minimum absolute atomic E-state index is 0.00914. The van der Waals surface area contributed by atoms with E-state index in [4.69, 9.17) is 9.26 Å². The van der Waals surface area contributed by atoms with Gasteiger partial charge in [0.2, 0.25) is 0 Å². The van der Waals surface area contributed by atoms with E-state index in [0.717, 1.165) is 17.7 Å². The molecule has 3 rings (SSSR count). The Labute approximate surface area is 145 Å². The Hall–Kier alpha value is -1.33. The lowest BCUT2D eigenvalue weighted by Crippen LogP contribution is -2.45. The van der Waals surface area contributed by atoms with Gasteiger partial charge in [0, 0.05) is 26.8 Å². The van der Waals surface area contributed by atoms with Gasteiger partial charge in [-0.25, -0.2) is 0 Å². The largest absolute Gasteiger partial charge is 0.384 e. The van der Waals surface area contributed by atoms with Crippen LogP contribution in [0.3, 0.4) is 0 Å². The van der Waals surface area contributed by atoms with Gasteiger partial charge in [-0.3, -0.25) is 0 Å². The maximum absolute atomic E-state index is 12.4. The Morgan fingerprint density at radius 1 is 1.46 bits per heavy atom. The number of thiophene rings is 1. The molecule has 0 bridgehead atoms. The van der Waals surface area contributed by atoms with E-state index in [1.54, 1.807) is 7.11 Å². The van der Waals surface area contributed by atoms with Crippen LogP contribution in [0, 0.1) is 5.92 Å². The smallest absolute Gasteiger partial charge is 0.279 e. The molecule has 132 valence electrons. The van der Waals surface area contributed by atoms with Crippen LogP contribution in [0.25, 0.3) is 10.8 Å². The van der Waals surface area contributed by atoms with E-state index in [-0.39, 0.29) is 6.54 Å². The van der Waals surface area contributed by atoms with Crippen molar-refractivity contribution in [3.63, 3.8) is 0 Å². The fourth-order valence-electron chi connectivity index (χ4n) is 2.63. The molecule has 1 fully saturated rings. The van der Waals surface area contributed by atoms with Crippen LogP contribution >= 0.6 is 11.3 Å². The number of aromatic nitrogens is 2. The Morgan fingerprint density at radius 3 is 2.92 bits per heavy atom. The molecule has 0 unspecified atom stereocenters. The maximum atomic E-state index is 12.4. The predicted molar refractivity (Wildman–Crippen MR) is 89.5 cm³/mol. The van der Waals surface area contributed by atoms with Crippen LogP contribution in [0.15, 0.2) is 22.0 Å². The van der Waals surface area contributed by atoms with Crippen LogP contribution in [0.2, 0.25) is 0 Å². The molecular formula is C14H20N4O4S2. The molecule has 0 amide bonds. The zero-order valence-electron chi connectivity index (χ0n) is 13.3. The number of hydrogen-bond donors (Lipinski definition) is 1. The number of nitrogens with zero attached hydrogens (tertiary/aromatic N) is 3. The third kappa shape index (κ3) is 4.19. The summed E-state index contributed by atoms with van der Waals surface area (Å²) in [5.74, 6) is 1.14. The Bertz CT molecular complexity index is 737. The summed E-state index contributed by atoms with van der Waals surface area (Å²) in [5, 5.41) is 5.73. The Kier molecular flexibility index (Phi) is 5.61. The summed E-state index contributed by atoms with van der Waals surface area (Å²) in [5.41, 5.74) is 0. The molecule has 0 aliphatic carbocycles. The molecule has 8 nitrogen and oxygen atoms in total. The normalized spacial score (nSPS) is 17.4. The average molecular weight is 372 g/mol. The second-order valence-corrected chi connectivity index (χ2v) is 8.32. The quantitative estimate of drug-likeness (QED) is 0.791. The fourth-order valence-corrected chi connectivity index (χ4v) is 4.46. The van der Waals surface area contributed by atoms with E-state index >= 15 is 0 Å². The number of methoxy groups -OCH3 is 1. The maximum Gasteiger partial charge on any atom is 0.279 e. The summed E-state index contributed by atoms with van der Waals surface area (Å²) in [7, 11) is -1.87. The minimum Gasteiger partial charge on any atom is -0.384 e. The van der Waals surface area contributed by atoms with Gasteiger partial charge in [-0.2, -0.15) is 22.4 Å². The predicted octanol–water partition coefficient (Wildman–Crippen LogP) is 1.49. The summed E-state index contributed by atoms with van der Waals surface area (Å²) in [6.07, 6.45) is 1.61. The lowest BCUT2D eigenvalue weighted by molar-refractivity contribution is 0.121. The van der Waals surface area contributed by atoms with Gasteiger partial charge in [0.25, 0.3) is 16.1 Å². The second kappa shape index (κ2) is 7.70. The van der Waals surface area contributed by atoms with E-state index in [0.29, 0.717) is 37.3 Å². The SMILES string of the molecule is COCC1CCN(S(=O)(=O)NCc2noc(-c3cccs3)n2)CC1. The molecule has 0 aromatic carbocycles. The highest BCUT2D eigenvalue weighted by Crippen LogP contribution is 2.22. The average Bonchev–Trinajstić information content (AvgIpc) is 3.25. The van der Waals surface area contributed by atoms with E-state index in [2.05, 4.69) is 14.9 Å². The summed E-state index contributed by atoms with van der Waals surface area (Å²) >= 11 is 1.49. The molecule has 0 saturated carbocycles. The zero-order valence-corrected chi connectivity index (χ0v) is 15.0. The van der Waals surface area contributed by atoms with Crippen LogP contribution in [-0.2, 0) is 21.5 Å². The summed E-state index contributed by atoms with van der Waals surface area (Å²) in [4.78, 5) is 5.07. The van der Waals surface area contributed by atoms with Gasteiger partial charge >= 0.3 is 0 Å². The topological polar surface area (TPSA) is 97.6 Å². The number of nitrogens with one attached hydrogen (secondary N) is 1. The molecule has 2 aromatic rings. The van der Waals surface area contributed by atoms with Crippen molar-refractivity contribution in [1.82, 2.24) is 19.2 Å². The molecule has 2 aromatic heterocycles. The number of piperidine rings is 1. The van der Waals surface area contributed by atoms with Gasteiger partial charge in [-0.15, -0.1) is 11.3 Å². The molecule has 24 heavy (non-hydrogen) atoms. The van der Waals surface area contributed by atoms with Gasteiger partial charge in [0.15, 0.2) is 5.82 Å². The molecule has 3 heterocycles. The third-order valence-corrected chi connectivity index (χ3v) is 6.34. The van der Waals surface area contributed by atoms with Crippen LogP contribution in [0.4, 0.5) is 0 Å². The highest BCUT2D eigenvalue weighted by molar-refractivity contribution is 7.87. The summed E-state index contributed by atoms with van der Waals surface area (Å²) in [6, 6.07) is 3.76. The van der Waals surface area contributed by atoms with E-state index < -0.39 is 10.2 Å². The van der Waals surface area contributed by atoms with Crippen molar-refractivity contribution >= 4 is 21.5 Å². The molecule has 0 spiro atoms. The minimum atomic E-state index is -3.54. The molecular weight excluding hydrogens is 352 g/mol. The van der Waals surface area contributed by atoms with E-state index in [1.807, 2.05) is 17.5 Å². The number of ether oxygens (including phenoxy) is 1. The zero-order chi connectivity index (χ0) is 17.0. The standard InChI is InChI=1S/C14H20N4O4S2/c1-21-10-11-4-6-18(7-5-11)24(19,20)15-9-13-16-14(22-17-13)12-3-2-8-23-12/h2-3,8,11,15H,4-7,9-10H2,1H3. The molecule has 0 atom stereocenters. The molecule has 1 N–H and O–H groups in total. The van der Waals surface area contributed by atoms with Crippen molar-refractivity contribution in [3.8, 4) is 10.8 Å². The third-order valence-electron chi connectivity index (χ3n) is 3.93. The lowest BCUT2D eigenvalue weighted by Gasteiger charge is -2.30. The number of rotatable bonds is 7. The van der Waals surface area contributed by atoms with Gasteiger partial charge < -0.3 is 9.26 Å². The van der Waals surface area contributed by atoms with E-state index in [1.165, 1.54) is 15.6 Å². The molecule has 10 heteroatoms. The van der Waals surface area contributed by atoms with Crippen molar-refractivity contribution in [2.45, 2.75) is 19.4 Å². The summed E-state index contributed by atoms with van der Waals surface area (Å²) in [6.45, 7) is 1.68. The van der Waals surface area contributed by atoms with Gasteiger partial charge in [0.1, 0.15) is 0 Å². The Morgan fingerprint density at radius 2 is 2.25 bits per heavy atom. The van der Waals surface area contributed by atoms with Gasteiger partial charge in [0.05, 0.1) is 11.4 Å². The van der Waals surface area contributed by atoms with Crippen molar-refractivity contribution in [2.75, 3.05) is 26.8 Å². The monoisotopic (exact) mass is 372 g/mol. The van der Waals surface area contributed by atoms with Crippen LogP contribution in [0.1, 0.15) is 18.7 Å².